The SMILES string of the molecule is O=C(CCC(=O)N1CCC(c2ccccc2)=N1)N1CCN(c2ccccc2F)CC1. The van der Waals surface area contributed by atoms with E-state index in [1.165, 1.54) is 11.1 Å². The van der Waals surface area contributed by atoms with Gasteiger partial charge in [-0.25, -0.2) is 9.40 Å². The number of anilines is 1. The van der Waals surface area contributed by atoms with Gasteiger partial charge in [0.05, 0.1) is 17.9 Å². The minimum Gasteiger partial charge on any atom is -0.366 e. The van der Waals surface area contributed by atoms with Crippen molar-refractivity contribution in [1.82, 2.24) is 9.91 Å². The first-order valence-corrected chi connectivity index (χ1v) is 10.3. The van der Waals surface area contributed by atoms with Crippen molar-refractivity contribution >= 4 is 23.2 Å². The van der Waals surface area contributed by atoms with Crippen LogP contribution in [0.2, 0.25) is 0 Å². The molecule has 2 aliphatic rings. The van der Waals surface area contributed by atoms with Gasteiger partial charge in [0.25, 0.3) is 0 Å². The van der Waals surface area contributed by atoms with E-state index >= 15 is 0 Å². The average molecular weight is 408 g/mol. The molecule has 2 heterocycles. The van der Waals surface area contributed by atoms with Gasteiger partial charge < -0.3 is 9.80 Å². The summed E-state index contributed by atoms with van der Waals surface area (Å²) in [6.45, 7) is 2.77. The molecule has 1 fully saturated rings. The Hall–Kier alpha value is -3.22. The van der Waals surface area contributed by atoms with Crippen LogP contribution in [0.4, 0.5) is 10.1 Å². The highest BCUT2D eigenvalue weighted by Gasteiger charge is 2.25. The van der Waals surface area contributed by atoms with Gasteiger partial charge in [-0.2, -0.15) is 5.10 Å². The molecule has 0 N–H and O–H groups in total. The summed E-state index contributed by atoms with van der Waals surface area (Å²) >= 11 is 0. The zero-order valence-corrected chi connectivity index (χ0v) is 16.8. The lowest BCUT2D eigenvalue weighted by molar-refractivity contribution is -0.137. The van der Waals surface area contributed by atoms with Gasteiger partial charge in [-0.1, -0.05) is 42.5 Å². The summed E-state index contributed by atoms with van der Waals surface area (Å²) in [6, 6.07) is 16.5. The van der Waals surface area contributed by atoms with E-state index in [0.717, 1.165) is 17.7 Å². The van der Waals surface area contributed by atoms with Crippen molar-refractivity contribution in [2.45, 2.75) is 19.3 Å². The number of piperazine rings is 1. The molecule has 2 amide bonds. The smallest absolute Gasteiger partial charge is 0.243 e. The molecular formula is C23H25FN4O2. The largest absolute Gasteiger partial charge is 0.366 e. The van der Waals surface area contributed by atoms with Gasteiger partial charge >= 0.3 is 0 Å². The number of hydrogen-bond acceptors (Lipinski definition) is 4. The summed E-state index contributed by atoms with van der Waals surface area (Å²) in [7, 11) is 0. The standard InChI is InChI=1S/C23H25FN4O2/c24-19-8-4-5-9-21(19)26-14-16-27(17-15-26)22(29)10-11-23(30)28-13-12-20(25-28)18-6-2-1-3-7-18/h1-9H,10-17H2. The third-order valence-electron chi connectivity index (χ3n) is 5.57. The fraction of sp³-hybridized carbons (Fsp3) is 0.348. The van der Waals surface area contributed by atoms with Crippen molar-refractivity contribution in [2.24, 2.45) is 5.10 Å². The maximum atomic E-state index is 13.9. The van der Waals surface area contributed by atoms with Crippen LogP contribution in [0.1, 0.15) is 24.8 Å². The Kier molecular flexibility index (Phi) is 6.07. The Labute approximate surface area is 175 Å². The molecule has 0 atom stereocenters. The Morgan fingerprint density at radius 1 is 0.833 bits per heavy atom. The molecule has 0 spiro atoms. The number of rotatable bonds is 5. The summed E-state index contributed by atoms with van der Waals surface area (Å²) < 4.78 is 13.9. The van der Waals surface area contributed by atoms with Crippen molar-refractivity contribution in [2.75, 3.05) is 37.6 Å². The van der Waals surface area contributed by atoms with Crippen molar-refractivity contribution in [3.63, 3.8) is 0 Å². The molecule has 30 heavy (non-hydrogen) atoms. The second-order valence-electron chi connectivity index (χ2n) is 7.50. The Morgan fingerprint density at radius 3 is 2.23 bits per heavy atom. The van der Waals surface area contributed by atoms with E-state index in [-0.39, 0.29) is 30.5 Å². The number of amides is 2. The predicted octanol–water partition coefficient (Wildman–Crippen LogP) is 2.89. The summed E-state index contributed by atoms with van der Waals surface area (Å²) in [5.74, 6) is -0.411. The summed E-state index contributed by atoms with van der Waals surface area (Å²) in [6.07, 6.45) is 1.05. The van der Waals surface area contributed by atoms with Crippen molar-refractivity contribution in [3.8, 4) is 0 Å². The molecule has 156 valence electrons. The van der Waals surface area contributed by atoms with E-state index in [0.29, 0.717) is 38.4 Å². The predicted molar refractivity (Wildman–Crippen MR) is 114 cm³/mol. The van der Waals surface area contributed by atoms with Crippen molar-refractivity contribution in [3.05, 3.63) is 66.0 Å². The second kappa shape index (κ2) is 9.07. The molecule has 0 saturated carbocycles. The van der Waals surface area contributed by atoms with E-state index in [1.807, 2.05) is 41.3 Å². The zero-order valence-electron chi connectivity index (χ0n) is 16.8. The van der Waals surface area contributed by atoms with E-state index < -0.39 is 0 Å². The lowest BCUT2D eigenvalue weighted by Gasteiger charge is -2.36. The van der Waals surface area contributed by atoms with Crippen molar-refractivity contribution < 1.29 is 14.0 Å². The summed E-state index contributed by atoms with van der Waals surface area (Å²) in [5, 5.41) is 5.91. The lowest BCUT2D eigenvalue weighted by atomic mass is 10.1. The number of benzene rings is 2. The first-order chi connectivity index (χ1) is 14.6. The second-order valence-corrected chi connectivity index (χ2v) is 7.50. The molecule has 6 nitrogen and oxygen atoms in total. The molecule has 1 saturated heterocycles. The van der Waals surface area contributed by atoms with Gasteiger partial charge in [-0.15, -0.1) is 0 Å². The number of hydrogen-bond donors (Lipinski definition) is 0. The molecule has 0 aliphatic carbocycles. The van der Waals surface area contributed by atoms with Crippen LogP contribution in [0, 0.1) is 5.82 Å². The fourth-order valence-electron chi connectivity index (χ4n) is 3.88. The van der Waals surface area contributed by atoms with Gasteiger partial charge in [-0.3, -0.25) is 9.59 Å². The molecule has 4 rings (SSSR count). The van der Waals surface area contributed by atoms with E-state index in [1.54, 1.807) is 17.0 Å². The number of halogens is 1. The van der Waals surface area contributed by atoms with Crippen molar-refractivity contribution in [1.29, 1.82) is 0 Å². The molecule has 2 aromatic rings. The number of hydrazone groups is 1. The Balaban J connectivity index is 1.25. The van der Waals surface area contributed by atoms with Crippen LogP contribution in [-0.2, 0) is 9.59 Å². The number of nitrogens with zero attached hydrogens (tertiary/aromatic N) is 4. The summed E-state index contributed by atoms with van der Waals surface area (Å²) in [4.78, 5) is 28.7. The molecular weight excluding hydrogens is 383 g/mol. The Bertz CT molecular complexity index is 939. The van der Waals surface area contributed by atoms with E-state index in [2.05, 4.69) is 5.10 Å². The zero-order chi connectivity index (χ0) is 20.9. The first-order valence-electron chi connectivity index (χ1n) is 10.3. The Morgan fingerprint density at radius 2 is 1.50 bits per heavy atom. The highest BCUT2D eigenvalue weighted by Crippen LogP contribution is 2.21. The van der Waals surface area contributed by atoms with Gasteiger partial charge in [0.15, 0.2) is 0 Å². The maximum absolute atomic E-state index is 13.9. The highest BCUT2D eigenvalue weighted by atomic mass is 19.1. The van der Waals surface area contributed by atoms with Gasteiger partial charge in [0.1, 0.15) is 5.82 Å². The molecule has 0 unspecified atom stereocenters. The lowest BCUT2D eigenvalue weighted by Crippen LogP contribution is -2.49. The minimum absolute atomic E-state index is 0.0389. The van der Waals surface area contributed by atoms with Gasteiger partial charge in [0, 0.05) is 45.4 Å². The van der Waals surface area contributed by atoms with Gasteiger partial charge in [-0.05, 0) is 17.7 Å². The topological polar surface area (TPSA) is 56.2 Å². The number of carbonyl (C=O) groups excluding carboxylic acids is 2. The minimum atomic E-state index is -0.246. The number of carbonyl (C=O) groups is 2. The quantitative estimate of drug-likeness (QED) is 0.765. The van der Waals surface area contributed by atoms with Crippen LogP contribution in [-0.4, -0.2) is 60.2 Å². The monoisotopic (exact) mass is 408 g/mol. The van der Waals surface area contributed by atoms with E-state index in [4.69, 9.17) is 0 Å². The van der Waals surface area contributed by atoms with Crippen LogP contribution in [0.5, 0.6) is 0 Å². The van der Waals surface area contributed by atoms with Gasteiger partial charge in [0.2, 0.25) is 11.8 Å². The normalized spacial score (nSPS) is 16.6. The molecule has 0 radical (unpaired) electrons. The molecule has 7 heteroatoms. The molecule has 2 aliphatic heterocycles. The molecule has 0 bridgehead atoms. The van der Waals surface area contributed by atoms with Crippen LogP contribution in [0.3, 0.4) is 0 Å². The third kappa shape index (κ3) is 4.50. The molecule has 0 aromatic heterocycles. The third-order valence-corrected chi connectivity index (χ3v) is 5.57. The fourth-order valence-corrected chi connectivity index (χ4v) is 3.88. The first kappa shape index (κ1) is 20.1. The maximum Gasteiger partial charge on any atom is 0.243 e. The number of para-hydroxylation sites is 1. The van der Waals surface area contributed by atoms with Crippen LogP contribution < -0.4 is 4.90 Å². The van der Waals surface area contributed by atoms with Crippen LogP contribution in [0.15, 0.2) is 59.7 Å². The van der Waals surface area contributed by atoms with E-state index in [9.17, 15) is 14.0 Å². The highest BCUT2D eigenvalue weighted by molar-refractivity contribution is 6.02. The van der Waals surface area contributed by atoms with Crippen LogP contribution in [0.25, 0.3) is 0 Å². The molecule has 2 aromatic carbocycles. The van der Waals surface area contributed by atoms with Crippen LogP contribution >= 0.6 is 0 Å². The summed E-state index contributed by atoms with van der Waals surface area (Å²) in [5.41, 5.74) is 2.50. The average Bonchev–Trinajstić information content (AvgIpc) is 3.29.